The molecule has 18 heavy (non-hydrogen) atoms. The average molecular weight is 249 g/mol. The Morgan fingerprint density at radius 2 is 2.00 bits per heavy atom. The lowest BCUT2D eigenvalue weighted by Gasteiger charge is -2.35. The van der Waals surface area contributed by atoms with Crippen LogP contribution in [0.4, 0.5) is 0 Å². The Labute approximate surface area is 111 Å². The van der Waals surface area contributed by atoms with Crippen LogP contribution in [0, 0.1) is 11.8 Å². The predicted octanol–water partition coefficient (Wildman–Crippen LogP) is 2.82. The van der Waals surface area contributed by atoms with Gasteiger partial charge in [0.05, 0.1) is 6.33 Å². The van der Waals surface area contributed by atoms with Crippen molar-refractivity contribution < 1.29 is 0 Å². The number of nitrogens with one attached hydrogen (secondary N) is 1. The lowest BCUT2D eigenvalue weighted by atomic mass is 9.78. The van der Waals surface area contributed by atoms with Crippen LogP contribution in [0.3, 0.4) is 0 Å². The number of aromatic nitrogens is 2. The van der Waals surface area contributed by atoms with Gasteiger partial charge in [-0.1, -0.05) is 27.7 Å². The fourth-order valence-electron chi connectivity index (χ4n) is 2.72. The maximum Gasteiger partial charge on any atom is 0.0948 e. The molecule has 1 aliphatic heterocycles. The van der Waals surface area contributed by atoms with Gasteiger partial charge in [0, 0.05) is 23.9 Å². The molecule has 102 valence electrons. The van der Waals surface area contributed by atoms with Crippen molar-refractivity contribution in [3.8, 4) is 0 Å². The number of hydrogen-bond acceptors (Lipinski definition) is 2. The minimum atomic E-state index is 0.304. The lowest BCUT2D eigenvalue weighted by Crippen LogP contribution is -2.39. The standard InChI is InChI=1S/C15H27N3/c1-12(2)13(3)10-18-11-17-9-14(18)15(4)5-7-16-8-6-15/h9,11-13,16H,5-8,10H2,1-4H3. The Morgan fingerprint density at radius 3 is 2.61 bits per heavy atom. The number of hydrogen-bond donors (Lipinski definition) is 1. The maximum absolute atomic E-state index is 4.40. The topological polar surface area (TPSA) is 29.9 Å². The van der Waals surface area contributed by atoms with E-state index in [1.165, 1.54) is 18.5 Å². The van der Waals surface area contributed by atoms with Crippen molar-refractivity contribution in [2.24, 2.45) is 11.8 Å². The third-order valence-electron chi connectivity index (χ3n) is 4.66. The molecular formula is C15H27N3. The molecule has 3 heteroatoms. The number of piperidine rings is 1. The quantitative estimate of drug-likeness (QED) is 0.889. The van der Waals surface area contributed by atoms with Crippen LogP contribution in [0.2, 0.25) is 0 Å². The Morgan fingerprint density at radius 1 is 1.33 bits per heavy atom. The molecule has 2 rings (SSSR count). The highest BCUT2D eigenvalue weighted by atomic mass is 15.1. The summed E-state index contributed by atoms with van der Waals surface area (Å²) in [4.78, 5) is 4.40. The van der Waals surface area contributed by atoms with E-state index in [1.807, 2.05) is 6.33 Å². The molecule has 0 spiro atoms. The first-order valence-corrected chi connectivity index (χ1v) is 7.24. The van der Waals surface area contributed by atoms with Crippen molar-refractivity contribution in [2.75, 3.05) is 13.1 Å². The van der Waals surface area contributed by atoms with Gasteiger partial charge in [0.25, 0.3) is 0 Å². The summed E-state index contributed by atoms with van der Waals surface area (Å²) in [5, 5.41) is 3.45. The third kappa shape index (κ3) is 2.77. The predicted molar refractivity (Wildman–Crippen MR) is 75.7 cm³/mol. The zero-order valence-corrected chi connectivity index (χ0v) is 12.2. The van der Waals surface area contributed by atoms with Crippen molar-refractivity contribution in [3.63, 3.8) is 0 Å². The van der Waals surface area contributed by atoms with Crippen LogP contribution in [0.15, 0.2) is 12.5 Å². The Hall–Kier alpha value is -0.830. The van der Waals surface area contributed by atoms with E-state index in [4.69, 9.17) is 0 Å². The van der Waals surface area contributed by atoms with Crippen molar-refractivity contribution in [2.45, 2.75) is 52.5 Å². The largest absolute Gasteiger partial charge is 0.334 e. The van der Waals surface area contributed by atoms with E-state index in [0.29, 0.717) is 11.3 Å². The molecule has 1 saturated heterocycles. The normalized spacial score (nSPS) is 21.2. The van der Waals surface area contributed by atoms with Gasteiger partial charge in [0.15, 0.2) is 0 Å². The maximum atomic E-state index is 4.40. The van der Waals surface area contributed by atoms with Gasteiger partial charge in [-0.05, 0) is 37.8 Å². The van der Waals surface area contributed by atoms with Gasteiger partial charge in [-0.2, -0.15) is 0 Å². The molecule has 1 atom stereocenters. The number of nitrogens with zero attached hydrogens (tertiary/aromatic N) is 2. The van der Waals surface area contributed by atoms with Crippen LogP contribution in [-0.2, 0) is 12.0 Å². The second-order valence-corrected chi connectivity index (χ2v) is 6.46. The molecule has 0 radical (unpaired) electrons. The highest BCUT2D eigenvalue weighted by molar-refractivity contribution is 5.15. The van der Waals surface area contributed by atoms with Crippen LogP contribution in [0.1, 0.15) is 46.2 Å². The SMILES string of the molecule is CC(C)C(C)Cn1cncc1C1(C)CCNCC1. The first-order valence-electron chi connectivity index (χ1n) is 7.24. The van der Waals surface area contributed by atoms with Crippen molar-refractivity contribution in [3.05, 3.63) is 18.2 Å². The van der Waals surface area contributed by atoms with Crippen LogP contribution in [0.25, 0.3) is 0 Å². The van der Waals surface area contributed by atoms with E-state index >= 15 is 0 Å². The molecule has 1 N–H and O–H groups in total. The monoisotopic (exact) mass is 249 g/mol. The zero-order valence-electron chi connectivity index (χ0n) is 12.2. The van der Waals surface area contributed by atoms with Gasteiger partial charge in [0.2, 0.25) is 0 Å². The van der Waals surface area contributed by atoms with Crippen LogP contribution < -0.4 is 5.32 Å². The molecule has 3 nitrogen and oxygen atoms in total. The highest BCUT2D eigenvalue weighted by Crippen LogP contribution is 2.33. The summed E-state index contributed by atoms with van der Waals surface area (Å²) < 4.78 is 2.38. The molecule has 1 aromatic rings. The Bertz CT molecular complexity index is 375. The second kappa shape index (κ2) is 5.43. The summed E-state index contributed by atoms with van der Waals surface area (Å²) in [5.74, 6) is 1.42. The smallest absolute Gasteiger partial charge is 0.0948 e. The van der Waals surface area contributed by atoms with Crippen molar-refractivity contribution in [1.29, 1.82) is 0 Å². The fourth-order valence-corrected chi connectivity index (χ4v) is 2.72. The molecule has 0 aliphatic carbocycles. The minimum absolute atomic E-state index is 0.304. The van der Waals surface area contributed by atoms with Gasteiger partial charge in [0.1, 0.15) is 0 Å². The van der Waals surface area contributed by atoms with E-state index < -0.39 is 0 Å². The van der Waals surface area contributed by atoms with Gasteiger partial charge in [-0.15, -0.1) is 0 Å². The Balaban J connectivity index is 2.16. The van der Waals surface area contributed by atoms with Crippen LogP contribution in [-0.4, -0.2) is 22.6 Å². The molecule has 1 aromatic heterocycles. The van der Waals surface area contributed by atoms with Crippen LogP contribution >= 0.6 is 0 Å². The summed E-state index contributed by atoms with van der Waals surface area (Å²) in [6.07, 6.45) is 6.53. The Kier molecular flexibility index (Phi) is 4.10. The molecule has 0 amide bonds. The summed E-state index contributed by atoms with van der Waals surface area (Å²) in [7, 11) is 0. The molecule has 1 fully saturated rings. The second-order valence-electron chi connectivity index (χ2n) is 6.46. The molecule has 0 bridgehead atoms. The van der Waals surface area contributed by atoms with Crippen molar-refractivity contribution >= 4 is 0 Å². The molecule has 1 aliphatic rings. The van der Waals surface area contributed by atoms with E-state index in [2.05, 4.69) is 48.8 Å². The van der Waals surface area contributed by atoms with Gasteiger partial charge in [-0.25, -0.2) is 4.98 Å². The minimum Gasteiger partial charge on any atom is -0.334 e. The van der Waals surface area contributed by atoms with E-state index in [1.54, 1.807) is 0 Å². The summed E-state index contributed by atoms with van der Waals surface area (Å²) >= 11 is 0. The van der Waals surface area contributed by atoms with Crippen LogP contribution in [0.5, 0.6) is 0 Å². The number of rotatable bonds is 4. The molecule has 0 aromatic carbocycles. The van der Waals surface area contributed by atoms with Gasteiger partial charge < -0.3 is 9.88 Å². The van der Waals surface area contributed by atoms with E-state index in [0.717, 1.165) is 25.6 Å². The number of imidazole rings is 1. The van der Waals surface area contributed by atoms with E-state index in [-0.39, 0.29) is 0 Å². The first-order chi connectivity index (χ1) is 8.53. The zero-order chi connectivity index (χ0) is 13.2. The fraction of sp³-hybridized carbons (Fsp3) is 0.800. The molecule has 1 unspecified atom stereocenters. The van der Waals surface area contributed by atoms with Gasteiger partial charge >= 0.3 is 0 Å². The summed E-state index contributed by atoms with van der Waals surface area (Å²) in [6, 6.07) is 0. The van der Waals surface area contributed by atoms with E-state index in [9.17, 15) is 0 Å². The lowest BCUT2D eigenvalue weighted by molar-refractivity contribution is 0.298. The van der Waals surface area contributed by atoms with Crippen molar-refractivity contribution in [1.82, 2.24) is 14.9 Å². The van der Waals surface area contributed by atoms with Gasteiger partial charge in [-0.3, -0.25) is 0 Å². The molecule has 2 heterocycles. The highest BCUT2D eigenvalue weighted by Gasteiger charge is 2.31. The third-order valence-corrected chi connectivity index (χ3v) is 4.66. The first kappa shape index (κ1) is 13.6. The summed E-state index contributed by atoms with van der Waals surface area (Å²) in [5.41, 5.74) is 1.73. The molecular weight excluding hydrogens is 222 g/mol. The average Bonchev–Trinajstić information content (AvgIpc) is 2.78. The molecule has 0 saturated carbocycles. The summed E-state index contributed by atoms with van der Waals surface area (Å²) in [6.45, 7) is 12.7.